The maximum atomic E-state index is 13.0. The van der Waals surface area contributed by atoms with Crippen molar-refractivity contribution in [3.63, 3.8) is 0 Å². The molecule has 0 N–H and O–H groups in total. The molecule has 0 radical (unpaired) electrons. The molecule has 9 heteroatoms. The molecule has 4 nitrogen and oxygen atoms in total. The van der Waals surface area contributed by atoms with Crippen LogP contribution >= 0.6 is 0 Å². The van der Waals surface area contributed by atoms with Gasteiger partial charge in [-0.15, -0.1) is 0 Å². The van der Waals surface area contributed by atoms with E-state index in [1.165, 1.54) is 12.1 Å². The minimum absolute atomic E-state index is 0.244. The maximum Gasteiger partial charge on any atom is 0.459 e. The molecule has 3 rings (SSSR count). The van der Waals surface area contributed by atoms with Gasteiger partial charge in [-0.25, -0.2) is 0 Å². The fourth-order valence-corrected chi connectivity index (χ4v) is 3.89. The van der Waals surface area contributed by atoms with Crippen molar-refractivity contribution in [2.45, 2.75) is 103 Å². The van der Waals surface area contributed by atoms with Crippen LogP contribution in [0.25, 0.3) is 0 Å². The van der Waals surface area contributed by atoms with E-state index in [0.29, 0.717) is 0 Å². The number of hydrogen-bond donors (Lipinski definition) is 0. The third kappa shape index (κ3) is 4.43. The summed E-state index contributed by atoms with van der Waals surface area (Å²) < 4.78 is 64.4. The topological polar surface area (TPSA) is 36.9 Å². The van der Waals surface area contributed by atoms with Gasteiger partial charge in [0.15, 0.2) is 0 Å². The van der Waals surface area contributed by atoms with E-state index in [-0.39, 0.29) is 11.6 Å². The molecule has 0 unspecified atom stereocenters. The molecule has 2 fully saturated rings. The van der Waals surface area contributed by atoms with Crippen LogP contribution in [0.1, 0.15) is 79.4 Å². The second-order valence-electron chi connectivity index (χ2n) is 10.7. The first-order valence-electron chi connectivity index (χ1n) is 10.8. The number of alkyl halides is 3. The number of halogens is 3. The Hall–Kier alpha value is -1.02. The summed E-state index contributed by atoms with van der Waals surface area (Å²) in [5.74, 6) is -0.244. The van der Waals surface area contributed by atoms with E-state index in [9.17, 15) is 13.2 Å². The highest BCUT2D eigenvalue weighted by atomic mass is 19.4. The summed E-state index contributed by atoms with van der Waals surface area (Å²) in [6.45, 7) is 17.7. The third-order valence-electron chi connectivity index (χ3n) is 7.51. The first kappa shape index (κ1) is 24.6. The van der Waals surface area contributed by atoms with Crippen LogP contribution in [0.4, 0.5) is 13.2 Å². The molecule has 1 aromatic carbocycles. The minimum atomic E-state index is -4.38. The quantitative estimate of drug-likeness (QED) is 0.547. The Kier molecular flexibility index (Phi) is 5.96. The van der Waals surface area contributed by atoms with E-state index in [4.69, 9.17) is 18.6 Å². The summed E-state index contributed by atoms with van der Waals surface area (Å²) in [5.41, 5.74) is -2.55. The molecule has 0 aliphatic carbocycles. The van der Waals surface area contributed by atoms with Gasteiger partial charge in [0.1, 0.15) is 0 Å². The van der Waals surface area contributed by atoms with Gasteiger partial charge in [0.25, 0.3) is 0 Å². The van der Waals surface area contributed by atoms with Gasteiger partial charge in [-0.05, 0) is 79.0 Å². The average molecular weight is 440 g/mol. The molecule has 2 saturated heterocycles. The highest BCUT2D eigenvalue weighted by molar-refractivity contribution is 6.68. The molecule has 31 heavy (non-hydrogen) atoms. The zero-order valence-corrected chi connectivity index (χ0v) is 19.9. The van der Waals surface area contributed by atoms with Crippen LogP contribution in [0.5, 0.6) is 0 Å². The van der Waals surface area contributed by atoms with Gasteiger partial charge < -0.3 is 18.6 Å². The standard InChI is InChI=1S/C22H33B2F3O4/c1-14(15-10-12-16(13-11-15)22(25,26)27)17(23-28-18(2,3)19(4,5)29-23)24-30-20(6,7)21(8,9)31-24/h10-14,17H,1-9H3/t14-/m0/s1. The Labute approximate surface area is 184 Å². The predicted octanol–water partition coefficient (Wildman–Crippen LogP) is 5.90. The van der Waals surface area contributed by atoms with Crippen molar-refractivity contribution in [3.05, 3.63) is 35.4 Å². The van der Waals surface area contributed by atoms with Gasteiger partial charge >= 0.3 is 20.4 Å². The maximum absolute atomic E-state index is 13.0. The van der Waals surface area contributed by atoms with Crippen LogP contribution in [0, 0.1) is 0 Å². The average Bonchev–Trinajstić information content (AvgIpc) is 2.93. The highest BCUT2D eigenvalue weighted by Gasteiger charge is 2.63. The monoisotopic (exact) mass is 440 g/mol. The Bertz CT molecular complexity index is 738. The molecule has 0 aromatic heterocycles. The fraction of sp³-hybridized carbons (Fsp3) is 0.727. The van der Waals surface area contributed by atoms with Crippen molar-refractivity contribution in [3.8, 4) is 0 Å². The molecule has 172 valence electrons. The SMILES string of the molecule is C[C@@H](c1ccc(C(F)(F)F)cc1)C(B1OC(C)(C)C(C)(C)O1)B1OC(C)(C)C(C)(C)O1. The Morgan fingerprint density at radius 3 is 1.29 bits per heavy atom. The van der Waals surface area contributed by atoms with E-state index in [1.54, 1.807) is 0 Å². The van der Waals surface area contributed by atoms with E-state index < -0.39 is 48.4 Å². The summed E-state index contributed by atoms with van der Waals surface area (Å²) in [4.78, 5) is 0. The molecule has 0 saturated carbocycles. The summed E-state index contributed by atoms with van der Waals surface area (Å²) in [5, 5.41) is 0. The predicted molar refractivity (Wildman–Crippen MR) is 116 cm³/mol. The lowest BCUT2D eigenvalue weighted by Gasteiger charge is -2.32. The Morgan fingerprint density at radius 2 is 1.00 bits per heavy atom. The van der Waals surface area contributed by atoms with Gasteiger partial charge in [0.05, 0.1) is 28.0 Å². The van der Waals surface area contributed by atoms with Crippen LogP contribution in [-0.4, -0.2) is 36.6 Å². The summed E-state index contributed by atoms with van der Waals surface area (Å²) in [6.07, 6.45) is -4.38. The Morgan fingerprint density at radius 1 is 0.677 bits per heavy atom. The van der Waals surface area contributed by atoms with Crippen LogP contribution in [0.15, 0.2) is 24.3 Å². The van der Waals surface area contributed by atoms with Gasteiger partial charge in [0, 0.05) is 5.72 Å². The zero-order valence-electron chi connectivity index (χ0n) is 19.9. The number of hydrogen-bond acceptors (Lipinski definition) is 4. The zero-order chi connectivity index (χ0) is 23.6. The fourth-order valence-electron chi connectivity index (χ4n) is 3.89. The van der Waals surface area contributed by atoms with Gasteiger partial charge in [0.2, 0.25) is 0 Å². The number of rotatable bonds is 4. The normalized spacial score (nSPS) is 25.3. The van der Waals surface area contributed by atoms with Crippen molar-refractivity contribution in [2.24, 2.45) is 0 Å². The second kappa shape index (κ2) is 7.51. The molecule has 2 heterocycles. The van der Waals surface area contributed by atoms with Crippen molar-refractivity contribution >= 4 is 14.2 Å². The summed E-state index contributed by atoms with van der Waals surface area (Å²) in [7, 11) is -1.28. The molecular formula is C22H33B2F3O4. The smallest absolute Gasteiger partial charge is 0.403 e. The molecule has 0 amide bonds. The van der Waals surface area contributed by atoms with E-state index in [0.717, 1.165) is 17.7 Å². The van der Waals surface area contributed by atoms with Gasteiger partial charge in [-0.3, -0.25) is 0 Å². The molecule has 2 aliphatic rings. The summed E-state index contributed by atoms with van der Waals surface area (Å²) in [6, 6.07) is 5.24. The molecular weight excluding hydrogens is 407 g/mol. The van der Waals surface area contributed by atoms with Crippen molar-refractivity contribution in [1.82, 2.24) is 0 Å². The van der Waals surface area contributed by atoms with Crippen LogP contribution in [-0.2, 0) is 24.8 Å². The van der Waals surface area contributed by atoms with E-state index in [1.807, 2.05) is 62.3 Å². The van der Waals surface area contributed by atoms with Gasteiger partial charge in [-0.2, -0.15) is 13.2 Å². The minimum Gasteiger partial charge on any atom is -0.403 e. The van der Waals surface area contributed by atoms with Crippen LogP contribution in [0.2, 0.25) is 5.72 Å². The third-order valence-corrected chi connectivity index (χ3v) is 7.51. The van der Waals surface area contributed by atoms with E-state index in [2.05, 4.69) is 0 Å². The van der Waals surface area contributed by atoms with Gasteiger partial charge in [-0.1, -0.05) is 19.1 Å². The second-order valence-corrected chi connectivity index (χ2v) is 10.7. The Balaban J connectivity index is 1.97. The molecule has 0 spiro atoms. The molecule has 0 bridgehead atoms. The van der Waals surface area contributed by atoms with E-state index >= 15 is 0 Å². The number of benzene rings is 1. The van der Waals surface area contributed by atoms with Crippen LogP contribution < -0.4 is 0 Å². The lowest BCUT2D eigenvalue weighted by Crippen LogP contribution is -2.41. The summed E-state index contributed by atoms with van der Waals surface area (Å²) >= 11 is 0. The molecule has 2 aliphatic heterocycles. The van der Waals surface area contributed by atoms with Crippen LogP contribution in [0.3, 0.4) is 0 Å². The molecule has 1 aromatic rings. The lowest BCUT2D eigenvalue weighted by atomic mass is 9.46. The van der Waals surface area contributed by atoms with Crippen molar-refractivity contribution in [2.75, 3.05) is 0 Å². The van der Waals surface area contributed by atoms with Crippen molar-refractivity contribution < 1.29 is 31.8 Å². The highest BCUT2D eigenvalue weighted by Crippen LogP contribution is 2.49. The molecule has 1 atom stereocenters. The first-order chi connectivity index (χ1) is 13.9. The van der Waals surface area contributed by atoms with Crippen molar-refractivity contribution in [1.29, 1.82) is 0 Å². The lowest BCUT2D eigenvalue weighted by molar-refractivity contribution is -0.137. The largest absolute Gasteiger partial charge is 0.459 e. The first-order valence-corrected chi connectivity index (χ1v) is 10.8.